The highest BCUT2D eigenvalue weighted by Gasteiger charge is 2.24. The molecule has 35 heavy (non-hydrogen) atoms. The van der Waals surface area contributed by atoms with Gasteiger partial charge in [-0.15, -0.1) is 0 Å². The van der Waals surface area contributed by atoms with Gasteiger partial charge in [0.1, 0.15) is 12.4 Å². The van der Waals surface area contributed by atoms with E-state index < -0.39 is 0 Å². The van der Waals surface area contributed by atoms with Gasteiger partial charge in [-0.05, 0) is 37.6 Å². The average Bonchev–Trinajstić information content (AvgIpc) is 3.23. The summed E-state index contributed by atoms with van der Waals surface area (Å²) in [5.41, 5.74) is 2.97. The lowest BCUT2D eigenvalue weighted by molar-refractivity contribution is -0.117. The Hall–Kier alpha value is -3.16. The number of methoxy groups -OCH3 is 1. The van der Waals surface area contributed by atoms with Gasteiger partial charge in [0, 0.05) is 31.7 Å². The molecule has 0 unspecified atom stereocenters. The lowest BCUT2D eigenvalue weighted by Crippen LogP contribution is -2.39. The Morgan fingerprint density at radius 2 is 1.80 bits per heavy atom. The summed E-state index contributed by atoms with van der Waals surface area (Å²) in [6.07, 6.45) is 0.593. The van der Waals surface area contributed by atoms with Gasteiger partial charge in [-0.25, -0.2) is 4.68 Å². The molecule has 7 nitrogen and oxygen atoms in total. The van der Waals surface area contributed by atoms with Crippen molar-refractivity contribution in [3.8, 4) is 5.69 Å². The first-order valence-corrected chi connectivity index (χ1v) is 12.0. The van der Waals surface area contributed by atoms with Crippen LogP contribution in [0.2, 0.25) is 5.02 Å². The number of carbonyl (C=O) groups excluding carboxylic acids is 2. The zero-order chi connectivity index (χ0) is 25.6. The van der Waals surface area contributed by atoms with Crippen molar-refractivity contribution < 1.29 is 14.3 Å². The monoisotopic (exact) mass is 496 g/mol. The first-order chi connectivity index (χ1) is 16.6. The second-order valence-electron chi connectivity index (χ2n) is 9.51. The van der Waals surface area contributed by atoms with Gasteiger partial charge in [0.25, 0.3) is 5.91 Å². The van der Waals surface area contributed by atoms with Gasteiger partial charge in [-0.3, -0.25) is 9.59 Å². The highest BCUT2D eigenvalue weighted by molar-refractivity contribution is 6.33. The van der Waals surface area contributed by atoms with E-state index in [0.29, 0.717) is 36.0 Å². The highest BCUT2D eigenvalue weighted by atomic mass is 35.5. The van der Waals surface area contributed by atoms with E-state index in [1.165, 1.54) is 4.90 Å². The van der Waals surface area contributed by atoms with Crippen LogP contribution in [-0.4, -0.2) is 53.3 Å². The molecule has 1 N–H and O–H groups in total. The Morgan fingerprint density at radius 1 is 1.11 bits per heavy atom. The lowest BCUT2D eigenvalue weighted by Gasteiger charge is -2.23. The summed E-state index contributed by atoms with van der Waals surface area (Å²) < 4.78 is 6.86. The molecule has 0 saturated heterocycles. The number of hydrogen-bond donors (Lipinski definition) is 1. The van der Waals surface area contributed by atoms with Gasteiger partial charge >= 0.3 is 0 Å². The van der Waals surface area contributed by atoms with Crippen molar-refractivity contribution in [1.29, 1.82) is 0 Å². The molecule has 8 heteroatoms. The Kier molecular flexibility index (Phi) is 8.70. The third-order valence-electron chi connectivity index (χ3n) is 5.53. The molecule has 0 aliphatic carbocycles. The van der Waals surface area contributed by atoms with Crippen LogP contribution in [0.5, 0.6) is 0 Å². The maximum atomic E-state index is 13.2. The number of benzene rings is 2. The molecule has 2 aromatic carbocycles. The predicted molar refractivity (Wildman–Crippen MR) is 139 cm³/mol. The molecule has 0 fully saturated rings. The summed E-state index contributed by atoms with van der Waals surface area (Å²) in [6, 6.07) is 16.6. The third-order valence-corrected chi connectivity index (χ3v) is 5.86. The van der Waals surface area contributed by atoms with Crippen molar-refractivity contribution in [3.63, 3.8) is 0 Å². The van der Waals surface area contributed by atoms with E-state index in [1.807, 2.05) is 37.3 Å². The van der Waals surface area contributed by atoms with E-state index in [2.05, 4.69) is 26.1 Å². The summed E-state index contributed by atoms with van der Waals surface area (Å²) in [6.45, 7) is 8.93. The Bertz CT molecular complexity index is 1170. The number of nitrogens with one attached hydrogen (secondary N) is 1. The van der Waals surface area contributed by atoms with E-state index in [0.717, 1.165) is 16.9 Å². The number of rotatable bonds is 9. The SMILES string of the molecule is COCCCN(CC(=O)Nc1cc(C(C)(C)C)nn1-c1ccc(C)cc1)C(=O)c1ccccc1Cl. The summed E-state index contributed by atoms with van der Waals surface area (Å²) in [5, 5.41) is 8.07. The van der Waals surface area contributed by atoms with Crippen LogP contribution in [0.3, 0.4) is 0 Å². The first-order valence-electron chi connectivity index (χ1n) is 11.6. The molecule has 0 aliphatic rings. The van der Waals surface area contributed by atoms with Crippen molar-refractivity contribution in [2.24, 2.45) is 0 Å². The smallest absolute Gasteiger partial charge is 0.255 e. The van der Waals surface area contributed by atoms with E-state index in [9.17, 15) is 9.59 Å². The number of aryl methyl sites for hydroxylation is 1. The van der Waals surface area contributed by atoms with Crippen molar-refractivity contribution in [3.05, 3.63) is 76.4 Å². The number of ether oxygens (including phenoxy) is 1. The molecule has 0 atom stereocenters. The average molecular weight is 497 g/mol. The van der Waals surface area contributed by atoms with E-state index in [-0.39, 0.29) is 23.8 Å². The zero-order valence-corrected chi connectivity index (χ0v) is 21.7. The number of amides is 2. The van der Waals surface area contributed by atoms with Gasteiger partial charge in [0.15, 0.2) is 0 Å². The molecule has 3 rings (SSSR count). The first kappa shape index (κ1) is 26.4. The van der Waals surface area contributed by atoms with Crippen LogP contribution in [0, 0.1) is 6.92 Å². The Labute approximate surface area is 212 Å². The summed E-state index contributed by atoms with van der Waals surface area (Å²) >= 11 is 6.25. The number of hydrogen-bond acceptors (Lipinski definition) is 4. The van der Waals surface area contributed by atoms with E-state index in [1.54, 1.807) is 36.1 Å². The number of carbonyl (C=O) groups is 2. The zero-order valence-electron chi connectivity index (χ0n) is 21.0. The molecule has 0 bridgehead atoms. The second-order valence-corrected chi connectivity index (χ2v) is 9.92. The molecule has 0 saturated carbocycles. The van der Waals surface area contributed by atoms with Gasteiger partial charge in [-0.2, -0.15) is 5.10 Å². The largest absolute Gasteiger partial charge is 0.385 e. The molecule has 0 spiro atoms. The Morgan fingerprint density at radius 3 is 2.43 bits per heavy atom. The van der Waals surface area contributed by atoms with Crippen LogP contribution in [-0.2, 0) is 14.9 Å². The van der Waals surface area contributed by atoms with Gasteiger partial charge in [0.2, 0.25) is 5.91 Å². The van der Waals surface area contributed by atoms with Crippen LogP contribution in [0.25, 0.3) is 5.69 Å². The molecule has 0 radical (unpaired) electrons. The second kappa shape index (κ2) is 11.5. The highest BCUT2D eigenvalue weighted by Crippen LogP contribution is 2.26. The molecule has 0 aliphatic heterocycles. The molecular weight excluding hydrogens is 464 g/mol. The van der Waals surface area contributed by atoms with Crippen molar-refractivity contribution in [2.75, 3.05) is 32.1 Å². The van der Waals surface area contributed by atoms with Crippen molar-refractivity contribution in [2.45, 2.75) is 39.5 Å². The predicted octanol–water partition coefficient (Wildman–Crippen LogP) is 5.25. The normalized spacial score (nSPS) is 11.4. The number of aromatic nitrogens is 2. The molecule has 1 heterocycles. The number of halogens is 1. The van der Waals surface area contributed by atoms with E-state index >= 15 is 0 Å². The van der Waals surface area contributed by atoms with Crippen LogP contribution in [0.1, 0.15) is 48.8 Å². The van der Waals surface area contributed by atoms with Crippen LogP contribution < -0.4 is 5.32 Å². The summed E-state index contributed by atoms with van der Waals surface area (Å²) in [5.74, 6) is -0.0772. The molecule has 3 aromatic rings. The molecule has 2 amide bonds. The summed E-state index contributed by atoms with van der Waals surface area (Å²) in [7, 11) is 1.60. The number of anilines is 1. The minimum atomic E-state index is -0.323. The summed E-state index contributed by atoms with van der Waals surface area (Å²) in [4.78, 5) is 27.9. The maximum Gasteiger partial charge on any atom is 0.255 e. The lowest BCUT2D eigenvalue weighted by atomic mass is 9.92. The van der Waals surface area contributed by atoms with E-state index in [4.69, 9.17) is 21.4 Å². The van der Waals surface area contributed by atoms with Gasteiger partial charge < -0.3 is 15.0 Å². The van der Waals surface area contributed by atoms with Crippen molar-refractivity contribution in [1.82, 2.24) is 14.7 Å². The van der Waals surface area contributed by atoms with Crippen molar-refractivity contribution >= 4 is 29.2 Å². The Balaban J connectivity index is 1.86. The minimum absolute atomic E-state index is 0.127. The molecular formula is C27H33ClN4O3. The third kappa shape index (κ3) is 6.93. The van der Waals surface area contributed by atoms with Crippen LogP contribution in [0.4, 0.5) is 5.82 Å². The quantitative estimate of drug-likeness (QED) is 0.410. The number of nitrogens with zero attached hydrogens (tertiary/aromatic N) is 3. The van der Waals surface area contributed by atoms with Gasteiger partial charge in [0.05, 0.1) is 22.0 Å². The fourth-order valence-corrected chi connectivity index (χ4v) is 3.75. The fourth-order valence-electron chi connectivity index (χ4n) is 3.53. The maximum absolute atomic E-state index is 13.2. The van der Waals surface area contributed by atoms with Crippen LogP contribution in [0.15, 0.2) is 54.6 Å². The molecule has 186 valence electrons. The topological polar surface area (TPSA) is 76.5 Å². The molecule has 1 aromatic heterocycles. The standard InChI is InChI=1S/C27H33ClN4O3/c1-19-11-13-20(14-12-19)32-24(17-23(30-32)27(2,3)4)29-25(33)18-31(15-8-16-35-5)26(34)21-9-6-7-10-22(21)28/h6-7,9-14,17H,8,15-16,18H2,1-5H3,(H,29,33). The van der Waals surface area contributed by atoms with Crippen LogP contribution >= 0.6 is 11.6 Å². The minimum Gasteiger partial charge on any atom is -0.385 e. The van der Waals surface area contributed by atoms with Gasteiger partial charge in [-0.1, -0.05) is 62.2 Å². The fraction of sp³-hybridized carbons (Fsp3) is 0.370.